The van der Waals surface area contributed by atoms with Crippen molar-refractivity contribution in [3.63, 3.8) is 0 Å². The number of rotatable bonds is 1. The minimum Gasteiger partial charge on any atom is -0.391 e. The topological polar surface area (TPSA) is 47.3 Å². The molecule has 3 nitrogen and oxygen atoms in total. The van der Waals surface area contributed by atoms with Crippen molar-refractivity contribution in [1.29, 1.82) is 5.26 Å². The number of nitrogens with zero attached hydrogens (tertiary/aromatic N) is 2. The van der Waals surface area contributed by atoms with E-state index >= 15 is 0 Å². The van der Waals surface area contributed by atoms with Gasteiger partial charge in [-0.25, -0.2) is 0 Å². The third-order valence-electron chi connectivity index (χ3n) is 3.07. The number of benzene rings is 1. The molecule has 0 radical (unpaired) electrons. The van der Waals surface area contributed by atoms with Gasteiger partial charge >= 0.3 is 0 Å². The van der Waals surface area contributed by atoms with Crippen LogP contribution in [0.5, 0.6) is 0 Å². The molecule has 1 N–H and O–H groups in total. The summed E-state index contributed by atoms with van der Waals surface area (Å²) in [5.41, 5.74) is 2.80. The summed E-state index contributed by atoms with van der Waals surface area (Å²) in [6, 6.07) is 7.97. The van der Waals surface area contributed by atoms with E-state index in [0.29, 0.717) is 12.1 Å². The molecule has 3 heteroatoms. The van der Waals surface area contributed by atoms with E-state index in [2.05, 4.69) is 11.0 Å². The number of aliphatic hydroxyl groups excluding tert-OH is 1. The molecule has 1 fully saturated rings. The Morgan fingerprint density at radius 2 is 2.31 bits per heavy atom. The Morgan fingerprint density at radius 1 is 1.50 bits per heavy atom. The largest absolute Gasteiger partial charge is 0.391 e. The maximum absolute atomic E-state index is 9.67. The van der Waals surface area contributed by atoms with Gasteiger partial charge in [0.25, 0.3) is 0 Å². The summed E-state index contributed by atoms with van der Waals surface area (Å²) < 4.78 is 0. The smallest absolute Gasteiger partial charge is 0.101 e. The van der Waals surface area contributed by atoms with Crippen molar-refractivity contribution in [1.82, 2.24) is 0 Å². The molecule has 1 unspecified atom stereocenters. The molecule has 0 bridgehead atoms. The molecule has 1 aromatic carbocycles. The standard InChI is InChI=1S/C13H16N2O/c1-10-4-2-5-11(8-14)13(10)15-7-3-6-12(16)9-15/h2,4-5,12,16H,3,6-7,9H2,1H3. The second-order valence-electron chi connectivity index (χ2n) is 4.32. The monoisotopic (exact) mass is 216 g/mol. The fraction of sp³-hybridized carbons (Fsp3) is 0.462. The first-order valence-electron chi connectivity index (χ1n) is 5.65. The normalized spacial score (nSPS) is 20.6. The number of nitriles is 1. The molecule has 1 aliphatic rings. The fourth-order valence-electron chi connectivity index (χ4n) is 2.33. The second-order valence-corrected chi connectivity index (χ2v) is 4.32. The first-order valence-corrected chi connectivity index (χ1v) is 5.65. The van der Waals surface area contributed by atoms with Crippen LogP contribution in [0.25, 0.3) is 0 Å². The SMILES string of the molecule is Cc1cccc(C#N)c1N1CCCC(O)C1. The van der Waals surface area contributed by atoms with Crippen LogP contribution in [0.4, 0.5) is 5.69 Å². The van der Waals surface area contributed by atoms with Crippen LogP contribution in [0.15, 0.2) is 18.2 Å². The number of aliphatic hydroxyl groups is 1. The van der Waals surface area contributed by atoms with E-state index in [1.54, 1.807) is 0 Å². The lowest BCUT2D eigenvalue weighted by Crippen LogP contribution is -2.39. The molecule has 0 aromatic heterocycles. The van der Waals surface area contributed by atoms with Crippen molar-refractivity contribution in [2.45, 2.75) is 25.9 Å². The number of piperidine rings is 1. The van der Waals surface area contributed by atoms with E-state index < -0.39 is 0 Å². The van der Waals surface area contributed by atoms with Gasteiger partial charge in [0.05, 0.1) is 17.4 Å². The third kappa shape index (κ3) is 2.02. The van der Waals surface area contributed by atoms with Crippen LogP contribution in [-0.2, 0) is 0 Å². The second kappa shape index (κ2) is 4.54. The molecule has 0 aliphatic carbocycles. The summed E-state index contributed by atoms with van der Waals surface area (Å²) in [5.74, 6) is 0. The zero-order valence-electron chi connectivity index (χ0n) is 9.48. The van der Waals surface area contributed by atoms with Crippen LogP contribution < -0.4 is 4.90 Å². The highest BCUT2D eigenvalue weighted by molar-refractivity contribution is 5.64. The van der Waals surface area contributed by atoms with Crippen molar-refractivity contribution < 1.29 is 5.11 Å². The Labute approximate surface area is 95.9 Å². The molecular weight excluding hydrogens is 200 g/mol. The minimum absolute atomic E-state index is 0.264. The van der Waals surface area contributed by atoms with E-state index in [1.165, 1.54) is 0 Å². The van der Waals surface area contributed by atoms with Crippen molar-refractivity contribution >= 4 is 5.69 Å². The quantitative estimate of drug-likeness (QED) is 0.779. The van der Waals surface area contributed by atoms with Gasteiger partial charge < -0.3 is 10.0 Å². The zero-order chi connectivity index (χ0) is 11.5. The lowest BCUT2D eigenvalue weighted by atomic mass is 10.0. The maximum Gasteiger partial charge on any atom is 0.101 e. The molecule has 0 saturated carbocycles. The Morgan fingerprint density at radius 3 is 3.00 bits per heavy atom. The third-order valence-corrected chi connectivity index (χ3v) is 3.07. The summed E-state index contributed by atoms with van der Waals surface area (Å²) in [6.45, 7) is 3.58. The van der Waals surface area contributed by atoms with Gasteiger partial charge in [-0.2, -0.15) is 5.26 Å². The van der Waals surface area contributed by atoms with E-state index in [4.69, 9.17) is 5.26 Å². The zero-order valence-corrected chi connectivity index (χ0v) is 9.48. The summed E-state index contributed by atoms with van der Waals surface area (Å²) in [4.78, 5) is 2.13. The van der Waals surface area contributed by atoms with Gasteiger partial charge in [-0.1, -0.05) is 12.1 Å². The summed E-state index contributed by atoms with van der Waals surface area (Å²) in [6.07, 6.45) is 1.59. The van der Waals surface area contributed by atoms with Gasteiger partial charge in [-0.3, -0.25) is 0 Å². The van der Waals surface area contributed by atoms with Crippen LogP contribution in [0.1, 0.15) is 24.0 Å². The van der Waals surface area contributed by atoms with Crippen LogP contribution in [0.2, 0.25) is 0 Å². The highest BCUT2D eigenvalue weighted by Gasteiger charge is 2.21. The average Bonchev–Trinajstić information content (AvgIpc) is 2.28. The van der Waals surface area contributed by atoms with E-state index in [0.717, 1.165) is 30.6 Å². The highest BCUT2D eigenvalue weighted by Crippen LogP contribution is 2.27. The predicted molar refractivity (Wildman–Crippen MR) is 63.3 cm³/mol. The number of anilines is 1. The molecule has 16 heavy (non-hydrogen) atoms. The molecule has 1 atom stereocenters. The molecule has 0 amide bonds. The molecule has 0 spiro atoms. The molecule has 1 heterocycles. The Bertz CT molecular complexity index is 422. The Balaban J connectivity index is 2.35. The molecule has 1 saturated heterocycles. The van der Waals surface area contributed by atoms with E-state index in [9.17, 15) is 5.11 Å². The number of aryl methyl sites for hydroxylation is 1. The lowest BCUT2D eigenvalue weighted by Gasteiger charge is -2.33. The number of para-hydroxylation sites is 1. The van der Waals surface area contributed by atoms with Crippen molar-refractivity contribution in [3.8, 4) is 6.07 Å². The van der Waals surface area contributed by atoms with Crippen LogP contribution in [0, 0.1) is 18.3 Å². The fourth-order valence-corrected chi connectivity index (χ4v) is 2.33. The van der Waals surface area contributed by atoms with Crippen molar-refractivity contribution in [2.75, 3.05) is 18.0 Å². The summed E-state index contributed by atoms with van der Waals surface area (Å²) in [5, 5.41) is 18.8. The summed E-state index contributed by atoms with van der Waals surface area (Å²) >= 11 is 0. The number of hydrogen-bond donors (Lipinski definition) is 1. The van der Waals surface area contributed by atoms with Gasteiger partial charge in [-0.05, 0) is 31.4 Å². The molecule has 1 aliphatic heterocycles. The number of β-amino-alcohol motifs (C(OH)–C–C–N with tert-alkyl or cyclic N) is 1. The van der Waals surface area contributed by atoms with Gasteiger partial charge in [-0.15, -0.1) is 0 Å². The van der Waals surface area contributed by atoms with E-state index in [1.807, 2.05) is 25.1 Å². The first kappa shape index (κ1) is 11.0. The van der Waals surface area contributed by atoms with Gasteiger partial charge in [0.2, 0.25) is 0 Å². The summed E-state index contributed by atoms with van der Waals surface area (Å²) in [7, 11) is 0. The number of hydrogen-bond acceptors (Lipinski definition) is 3. The van der Waals surface area contributed by atoms with Crippen LogP contribution in [0.3, 0.4) is 0 Å². The Kier molecular flexibility index (Phi) is 3.12. The predicted octanol–water partition coefficient (Wildman–Crippen LogP) is 1.83. The molecule has 1 aromatic rings. The van der Waals surface area contributed by atoms with E-state index in [-0.39, 0.29) is 6.10 Å². The highest BCUT2D eigenvalue weighted by atomic mass is 16.3. The molecular formula is C13H16N2O. The van der Waals surface area contributed by atoms with Crippen LogP contribution in [-0.4, -0.2) is 24.3 Å². The molecule has 84 valence electrons. The first-order chi connectivity index (χ1) is 7.72. The lowest BCUT2D eigenvalue weighted by molar-refractivity contribution is 0.154. The van der Waals surface area contributed by atoms with Gasteiger partial charge in [0.1, 0.15) is 6.07 Å². The average molecular weight is 216 g/mol. The van der Waals surface area contributed by atoms with Gasteiger partial charge in [0, 0.05) is 13.1 Å². The Hall–Kier alpha value is -1.53. The maximum atomic E-state index is 9.67. The van der Waals surface area contributed by atoms with Gasteiger partial charge in [0.15, 0.2) is 0 Å². The minimum atomic E-state index is -0.264. The molecule has 2 rings (SSSR count). The van der Waals surface area contributed by atoms with Crippen molar-refractivity contribution in [2.24, 2.45) is 0 Å². The van der Waals surface area contributed by atoms with Crippen LogP contribution >= 0.6 is 0 Å². The van der Waals surface area contributed by atoms with Crippen molar-refractivity contribution in [3.05, 3.63) is 29.3 Å².